The van der Waals surface area contributed by atoms with Crippen LogP contribution in [-0.2, 0) is 18.4 Å². The first-order valence-corrected chi connectivity index (χ1v) is 9.91. The predicted molar refractivity (Wildman–Crippen MR) is 106 cm³/mol. The quantitative estimate of drug-likeness (QED) is 0.707. The number of ether oxygens (including phenoxy) is 1. The Labute approximate surface area is 165 Å². The Bertz CT molecular complexity index is 850. The highest BCUT2D eigenvalue weighted by molar-refractivity contribution is 5.97. The van der Waals surface area contributed by atoms with Crippen molar-refractivity contribution in [3.63, 3.8) is 0 Å². The molecule has 2 aliphatic carbocycles. The van der Waals surface area contributed by atoms with E-state index in [1.54, 1.807) is 36.3 Å². The van der Waals surface area contributed by atoms with Crippen molar-refractivity contribution in [2.75, 3.05) is 13.7 Å². The van der Waals surface area contributed by atoms with Crippen LogP contribution in [0.25, 0.3) is 0 Å². The predicted octanol–water partition coefficient (Wildman–Crippen LogP) is 2.83. The number of carbonyl (C=O) groups is 2. The second-order valence-corrected chi connectivity index (χ2v) is 7.76. The lowest BCUT2D eigenvalue weighted by Gasteiger charge is -2.28. The standard InChI is InChI=1S/C22H27N3O3/c1-23-13-3-4-19(23)14-24(17-7-8-17)21(26)15-25(18-9-10-18)22(27)16-5-11-20(28-2)12-6-16/h3-6,11-13,17-18H,7-10,14-15H2,1-2H3. The number of benzene rings is 1. The van der Waals surface area contributed by atoms with Crippen molar-refractivity contribution in [2.24, 2.45) is 7.05 Å². The van der Waals surface area contributed by atoms with Crippen molar-refractivity contribution in [1.82, 2.24) is 14.4 Å². The minimum Gasteiger partial charge on any atom is -0.497 e. The van der Waals surface area contributed by atoms with Crippen LogP contribution in [-0.4, -0.2) is 51.9 Å². The van der Waals surface area contributed by atoms with Gasteiger partial charge in [-0.25, -0.2) is 0 Å². The average molecular weight is 381 g/mol. The lowest BCUT2D eigenvalue weighted by atomic mass is 10.2. The molecular formula is C22H27N3O3. The van der Waals surface area contributed by atoms with Gasteiger partial charge in [-0.1, -0.05) is 0 Å². The lowest BCUT2D eigenvalue weighted by molar-refractivity contribution is -0.133. The molecular weight excluding hydrogens is 354 g/mol. The zero-order valence-electron chi connectivity index (χ0n) is 16.5. The van der Waals surface area contributed by atoms with Crippen LogP contribution in [0, 0.1) is 0 Å². The number of aromatic nitrogens is 1. The molecule has 0 spiro atoms. The number of hydrogen-bond donors (Lipinski definition) is 0. The molecule has 148 valence electrons. The van der Waals surface area contributed by atoms with Crippen LogP contribution in [0.2, 0.25) is 0 Å². The van der Waals surface area contributed by atoms with Crippen LogP contribution in [0.5, 0.6) is 5.75 Å². The molecule has 0 aliphatic heterocycles. The molecule has 2 fully saturated rings. The van der Waals surface area contributed by atoms with E-state index >= 15 is 0 Å². The van der Waals surface area contributed by atoms with E-state index in [0.717, 1.165) is 31.4 Å². The van der Waals surface area contributed by atoms with Crippen molar-refractivity contribution in [3.8, 4) is 5.75 Å². The van der Waals surface area contributed by atoms with Gasteiger partial charge >= 0.3 is 0 Å². The molecule has 0 N–H and O–H groups in total. The highest BCUT2D eigenvalue weighted by atomic mass is 16.5. The number of aryl methyl sites for hydroxylation is 1. The summed E-state index contributed by atoms with van der Waals surface area (Å²) in [5, 5.41) is 0. The molecule has 28 heavy (non-hydrogen) atoms. The van der Waals surface area contributed by atoms with Crippen LogP contribution >= 0.6 is 0 Å². The van der Waals surface area contributed by atoms with E-state index in [2.05, 4.69) is 0 Å². The summed E-state index contributed by atoms with van der Waals surface area (Å²) in [6, 6.07) is 11.6. The van der Waals surface area contributed by atoms with Crippen molar-refractivity contribution in [1.29, 1.82) is 0 Å². The molecule has 6 nitrogen and oxygen atoms in total. The van der Waals surface area contributed by atoms with Gasteiger partial charge in [0, 0.05) is 36.6 Å². The third-order valence-electron chi connectivity index (χ3n) is 5.58. The molecule has 4 rings (SSSR count). The molecule has 1 aromatic carbocycles. The van der Waals surface area contributed by atoms with Gasteiger partial charge in [-0.3, -0.25) is 9.59 Å². The van der Waals surface area contributed by atoms with Crippen LogP contribution in [0.15, 0.2) is 42.6 Å². The van der Waals surface area contributed by atoms with Crippen LogP contribution in [0.3, 0.4) is 0 Å². The SMILES string of the molecule is COc1ccc(C(=O)N(CC(=O)N(Cc2cccn2C)C2CC2)C2CC2)cc1. The number of carbonyl (C=O) groups excluding carboxylic acids is 2. The third-order valence-corrected chi connectivity index (χ3v) is 5.58. The number of methoxy groups -OCH3 is 1. The monoisotopic (exact) mass is 381 g/mol. The molecule has 0 saturated heterocycles. The van der Waals surface area contributed by atoms with Gasteiger partial charge in [-0.2, -0.15) is 0 Å². The Balaban J connectivity index is 1.47. The topological polar surface area (TPSA) is 54.8 Å². The summed E-state index contributed by atoms with van der Waals surface area (Å²) in [4.78, 5) is 29.9. The van der Waals surface area contributed by atoms with E-state index in [1.165, 1.54) is 0 Å². The first-order chi connectivity index (χ1) is 13.6. The fourth-order valence-electron chi connectivity index (χ4n) is 3.53. The Kier molecular flexibility index (Phi) is 5.11. The Morgan fingerprint density at radius 1 is 1.04 bits per heavy atom. The summed E-state index contributed by atoms with van der Waals surface area (Å²) in [5.74, 6) is 0.679. The van der Waals surface area contributed by atoms with Crippen molar-refractivity contribution >= 4 is 11.8 Å². The van der Waals surface area contributed by atoms with Gasteiger partial charge in [0.1, 0.15) is 12.3 Å². The van der Waals surface area contributed by atoms with E-state index in [0.29, 0.717) is 23.9 Å². The Morgan fingerprint density at radius 3 is 2.21 bits per heavy atom. The first-order valence-electron chi connectivity index (χ1n) is 9.91. The molecule has 0 radical (unpaired) electrons. The van der Waals surface area contributed by atoms with E-state index in [1.807, 2.05) is 34.8 Å². The molecule has 2 aromatic rings. The third kappa shape index (κ3) is 4.06. The number of hydrogen-bond acceptors (Lipinski definition) is 3. The zero-order chi connectivity index (χ0) is 19.7. The molecule has 0 unspecified atom stereocenters. The minimum absolute atomic E-state index is 0.0393. The van der Waals surface area contributed by atoms with Crippen molar-refractivity contribution < 1.29 is 14.3 Å². The van der Waals surface area contributed by atoms with E-state index in [9.17, 15) is 9.59 Å². The first kappa shape index (κ1) is 18.6. The average Bonchev–Trinajstić information content (AvgIpc) is 3.63. The molecule has 6 heteroatoms. The summed E-state index contributed by atoms with van der Waals surface area (Å²) in [6.07, 6.45) is 6.03. The van der Waals surface area contributed by atoms with Crippen molar-refractivity contribution in [3.05, 3.63) is 53.9 Å². The summed E-state index contributed by atoms with van der Waals surface area (Å²) in [6.45, 7) is 0.749. The summed E-state index contributed by atoms with van der Waals surface area (Å²) < 4.78 is 7.22. The van der Waals surface area contributed by atoms with Gasteiger partial charge in [0.25, 0.3) is 5.91 Å². The summed E-state index contributed by atoms with van der Waals surface area (Å²) >= 11 is 0. The maximum Gasteiger partial charge on any atom is 0.254 e. The summed E-state index contributed by atoms with van der Waals surface area (Å²) in [7, 11) is 3.60. The minimum atomic E-state index is -0.0758. The molecule has 2 amide bonds. The highest BCUT2D eigenvalue weighted by Crippen LogP contribution is 2.31. The number of amides is 2. The number of rotatable bonds is 8. The van der Waals surface area contributed by atoms with Gasteiger partial charge in [0.15, 0.2) is 0 Å². The molecule has 1 aromatic heterocycles. The normalized spacial score (nSPS) is 15.9. The van der Waals surface area contributed by atoms with E-state index in [-0.39, 0.29) is 24.4 Å². The van der Waals surface area contributed by atoms with Crippen LogP contribution < -0.4 is 4.74 Å². The fourth-order valence-corrected chi connectivity index (χ4v) is 3.53. The van der Waals surface area contributed by atoms with Gasteiger partial charge in [-0.15, -0.1) is 0 Å². The molecule has 1 heterocycles. The van der Waals surface area contributed by atoms with E-state index in [4.69, 9.17) is 4.74 Å². The molecule has 0 bridgehead atoms. The summed E-state index contributed by atoms with van der Waals surface area (Å²) in [5.41, 5.74) is 1.71. The van der Waals surface area contributed by atoms with Gasteiger partial charge in [0.05, 0.1) is 13.7 Å². The highest BCUT2D eigenvalue weighted by Gasteiger charge is 2.38. The van der Waals surface area contributed by atoms with Crippen LogP contribution in [0.4, 0.5) is 0 Å². The molecule has 2 saturated carbocycles. The van der Waals surface area contributed by atoms with Gasteiger partial charge in [-0.05, 0) is 62.1 Å². The molecule has 0 atom stereocenters. The van der Waals surface area contributed by atoms with Crippen molar-refractivity contribution in [2.45, 2.75) is 44.3 Å². The van der Waals surface area contributed by atoms with Crippen LogP contribution in [0.1, 0.15) is 41.7 Å². The van der Waals surface area contributed by atoms with Gasteiger partial charge in [0.2, 0.25) is 5.91 Å². The second-order valence-electron chi connectivity index (χ2n) is 7.76. The second kappa shape index (κ2) is 7.70. The van der Waals surface area contributed by atoms with Gasteiger partial charge < -0.3 is 19.1 Å². The maximum absolute atomic E-state index is 13.1. The fraction of sp³-hybridized carbons (Fsp3) is 0.455. The Hall–Kier alpha value is -2.76. The largest absolute Gasteiger partial charge is 0.497 e. The smallest absolute Gasteiger partial charge is 0.254 e. The Morgan fingerprint density at radius 2 is 1.68 bits per heavy atom. The maximum atomic E-state index is 13.1. The lowest BCUT2D eigenvalue weighted by Crippen LogP contribution is -2.44. The number of nitrogens with zero attached hydrogens (tertiary/aromatic N) is 3. The zero-order valence-corrected chi connectivity index (χ0v) is 16.5. The molecule has 2 aliphatic rings. The van der Waals surface area contributed by atoms with E-state index < -0.39 is 0 Å².